The van der Waals surface area contributed by atoms with Gasteiger partial charge in [0.25, 0.3) is 0 Å². The van der Waals surface area contributed by atoms with Gasteiger partial charge in [0.05, 0.1) is 12.2 Å². The summed E-state index contributed by atoms with van der Waals surface area (Å²) in [7, 11) is 0. The zero-order chi connectivity index (χ0) is 12.5. The molecule has 0 unspecified atom stereocenters. The zero-order valence-electron chi connectivity index (χ0n) is 10.5. The van der Waals surface area contributed by atoms with Crippen molar-refractivity contribution in [1.82, 2.24) is 0 Å². The van der Waals surface area contributed by atoms with Crippen LogP contribution < -0.4 is 4.74 Å². The highest BCUT2D eigenvalue weighted by atomic mass is 16.5. The van der Waals surface area contributed by atoms with Crippen LogP contribution in [0.5, 0.6) is 5.75 Å². The molecule has 2 rings (SSSR count). The summed E-state index contributed by atoms with van der Waals surface area (Å²) in [5.74, 6) is 0.871. The van der Waals surface area contributed by atoms with E-state index < -0.39 is 5.60 Å². The molecule has 2 aromatic carbocycles. The second kappa shape index (κ2) is 4.38. The summed E-state index contributed by atoms with van der Waals surface area (Å²) in [4.78, 5) is 0. The molecule has 0 radical (unpaired) electrons. The third kappa shape index (κ3) is 2.27. The molecule has 0 heterocycles. The lowest BCUT2D eigenvalue weighted by molar-refractivity contribution is 0.0801. The minimum atomic E-state index is -0.843. The van der Waals surface area contributed by atoms with Gasteiger partial charge in [0, 0.05) is 5.39 Å². The number of rotatable bonds is 3. The van der Waals surface area contributed by atoms with E-state index in [1.54, 1.807) is 13.8 Å². The van der Waals surface area contributed by atoms with Crippen LogP contribution in [0.25, 0.3) is 10.8 Å². The number of benzene rings is 2. The van der Waals surface area contributed by atoms with Gasteiger partial charge >= 0.3 is 0 Å². The molecule has 0 amide bonds. The van der Waals surface area contributed by atoms with Gasteiger partial charge in [0.1, 0.15) is 5.75 Å². The Morgan fingerprint density at radius 3 is 2.29 bits per heavy atom. The first-order valence-corrected chi connectivity index (χ1v) is 5.91. The van der Waals surface area contributed by atoms with Crippen LogP contribution in [0.2, 0.25) is 0 Å². The lowest BCUT2D eigenvalue weighted by Gasteiger charge is -2.21. The lowest BCUT2D eigenvalue weighted by Crippen LogP contribution is -2.16. The number of ether oxygens (including phenoxy) is 1. The van der Waals surface area contributed by atoms with E-state index in [1.165, 1.54) is 0 Å². The van der Waals surface area contributed by atoms with Gasteiger partial charge in [-0.05, 0) is 37.8 Å². The number of aliphatic hydroxyl groups is 1. The summed E-state index contributed by atoms with van der Waals surface area (Å²) in [6, 6.07) is 11.9. The molecular weight excluding hydrogens is 212 g/mol. The molecule has 2 nitrogen and oxygen atoms in total. The Labute approximate surface area is 102 Å². The molecule has 0 saturated heterocycles. The molecule has 1 N–H and O–H groups in total. The first-order valence-electron chi connectivity index (χ1n) is 5.91. The molecule has 0 aliphatic heterocycles. The molecule has 0 atom stereocenters. The number of hydrogen-bond acceptors (Lipinski definition) is 2. The molecule has 0 saturated carbocycles. The maximum atomic E-state index is 10.2. The van der Waals surface area contributed by atoms with Crippen LogP contribution in [-0.2, 0) is 5.60 Å². The van der Waals surface area contributed by atoms with E-state index in [0.29, 0.717) is 6.61 Å². The molecule has 17 heavy (non-hydrogen) atoms. The topological polar surface area (TPSA) is 29.5 Å². The molecular formula is C15H18O2. The summed E-state index contributed by atoms with van der Waals surface area (Å²) in [5, 5.41) is 12.3. The van der Waals surface area contributed by atoms with Gasteiger partial charge in [0.2, 0.25) is 0 Å². The van der Waals surface area contributed by atoms with Gasteiger partial charge in [-0.25, -0.2) is 0 Å². The first-order chi connectivity index (χ1) is 8.04. The van der Waals surface area contributed by atoms with E-state index in [4.69, 9.17) is 4.74 Å². The second-order valence-corrected chi connectivity index (χ2v) is 4.65. The predicted octanol–water partition coefficient (Wildman–Crippen LogP) is 3.47. The Hall–Kier alpha value is -1.54. The smallest absolute Gasteiger partial charge is 0.127 e. The zero-order valence-corrected chi connectivity index (χ0v) is 10.5. The minimum Gasteiger partial charge on any atom is -0.493 e. The Morgan fingerprint density at radius 1 is 1.06 bits per heavy atom. The standard InChI is InChI=1S/C15H18O2/c1-4-17-14-10-9-13(15(2,3)16)11-7-5-6-8-12(11)14/h5-10,16H,4H2,1-3H3. The first kappa shape index (κ1) is 11.9. The largest absolute Gasteiger partial charge is 0.493 e. The predicted molar refractivity (Wildman–Crippen MR) is 70.4 cm³/mol. The molecule has 0 fully saturated rings. The van der Waals surface area contributed by atoms with Crippen molar-refractivity contribution in [2.75, 3.05) is 6.61 Å². The Kier molecular flexibility index (Phi) is 3.07. The van der Waals surface area contributed by atoms with Crippen molar-refractivity contribution in [2.24, 2.45) is 0 Å². The van der Waals surface area contributed by atoms with Crippen molar-refractivity contribution in [3.8, 4) is 5.75 Å². The quantitative estimate of drug-likeness (QED) is 0.875. The highest BCUT2D eigenvalue weighted by molar-refractivity contribution is 5.91. The van der Waals surface area contributed by atoms with Crippen LogP contribution >= 0.6 is 0 Å². The van der Waals surface area contributed by atoms with Gasteiger partial charge in [-0.1, -0.05) is 30.3 Å². The van der Waals surface area contributed by atoms with E-state index in [2.05, 4.69) is 0 Å². The van der Waals surface area contributed by atoms with Gasteiger partial charge < -0.3 is 9.84 Å². The maximum Gasteiger partial charge on any atom is 0.127 e. The maximum absolute atomic E-state index is 10.2. The normalized spacial score (nSPS) is 11.8. The second-order valence-electron chi connectivity index (χ2n) is 4.65. The van der Waals surface area contributed by atoms with E-state index >= 15 is 0 Å². The molecule has 2 aromatic rings. The van der Waals surface area contributed by atoms with Crippen LogP contribution in [0.3, 0.4) is 0 Å². The van der Waals surface area contributed by atoms with Crippen LogP contribution in [0.15, 0.2) is 36.4 Å². The van der Waals surface area contributed by atoms with Crippen LogP contribution in [0, 0.1) is 0 Å². The monoisotopic (exact) mass is 230 g/mol. The van der Waals surface area contributed by atoms with Crippen molar-refractivity contribution in [2.45, 2.75) is 26.4 Å². The summed E-state index contributed by atoms with van der Waals surface area (Å²) >= 11 is 0. The average Bonchev–Trinajstić information content (AvgIpc) is 2.28. The Morgan fingerprint density at radius 2 is 1.71 bits per heavy atom. The molecule has 0 aromatic heterocycles. The van der Waals surface area contributed by atoms with Gasteiger partial charge in [-0.2, -0.15) is 0 Å². The Balaban J connectivity index is 2.71. The van der Waals surface area contributed by atoms with Crippen LogP contribution in [0.4, 0.5) is 0 Å². The van der Waals surface area contributed by atoms with Crippen LogP contribution in [-0.4, -0.2) is 11.7 Å². The van der Waals surface area contributed by atoms with Crippen molar-refractivity contribution < 1.29 is 9.84 Å². The molecule has 0 aliphatic rings. The van der Waals surface area contributed by atoms with Gasteiger partial charge in [-0.3, -0.25) is 0 Å². The third-order valence-electron chi connectivity index (χ3n) is 2.84. The number of fused-ring (bicyclic) bond motifs is 1. The van der Waals surface area contributed by atoms with Gasteiger partial charge in [0.15, 0.2) is 0 Å². The fraction of sp³-hybridized carbons (Fsp3) is 0.333. The lowest BCUT2D eigenvalue weighted by atomic mass is 9.92. The van der Waals surface area contributed by atoms with E-state index in [-0.39, 0.29) is 0 Å². The van der Waals surface area contributed by atoms with E-state index in [9.17, 15) is 5.11 Å². The molecule has 2 heteroatoms. The third-order valence-corrected chi connectivity index (χ3v) is 2.84. The van der Waals surface area contributed by atoms with Crippen molar-refractivity contribution in [3.05, 3.63) is 42.0 Å². The van der Waals surface area contributed by atoms with Crippen molar-refractivity contribution >= 4 is 10.8 Å². The summed E-state index contributed by atoms with van der Waals surface area (Å²) in [5.41, 5.74) is 0.0845. The molecule has 90 valence electrons. The molecule has 0 aliphatic carbocycles. The fourth-order valence-electron chi connectivity index (χ4n) is 2.09. The summed E-state index contributed by atoms with van der Waals surface area (Å²) in [6.45, 7) is 6.22. The van der Waals surface area contributed by atoms with Gasteiger partial charge in [-0.15, -0.1) is 0 Å². The van der Waals surface area contributed by atoms with Crippen LogP contribution in [0.1, 0.15) is 26.3 Å². The summed E-state index contributed by atoms with van der Waals surface area (Å²) in [6.07, 6.45) is 0. The summed E-state index contributed by atoms with van der Waals surface area (Å²) < 4.78 is 5.61. The van der Waals surface area contributed by atoms with Crippen molar-refractivity contribution in [3.63, 3.8) is 0 Å². The SMILES string of the molecule is CCOc1ccc(C(C)(C)O)c2ccccc12. The molecule has 0 bridgehead atoms. The highest BCUT2D eigenvalue weighted by Crippen LogP contribution is 2.33. The Bertz CT molecular complexity index is 524. The number of hydrogen-bond donors (Lipinski definition) is 1. The average molecular weight is 230 g/mol. The van der Waals surface area contributed by atoms with E-state index in [0.717, 1.165) is 22.1 Å². The fourth-order valence-corrected chi connectivity index (χ4v) is 2.09. The molecule has 0 spiro atoms. The minimum absolute atomic E-state index is 0.645. The van der Waals surface area contributed by atoms with Crippen molar-refractivity contribution in [1.29, 1.82) is 0 Å². The van der Waals surface area contributed by atoms with E-state index in [1.807, 2.05) is 43.3 Å². The highest BCUT2D eigenvalue weighted by Gasteiger charge is 2.19.